The van der Waals surface area contributed by atoms with Gasteiger partial charge in [-0.1, -0.05) is 29.8 Å². The van der Waals surface area contributed by atoms with Crippen LogP contribution in [-0.4, -0.2) is 36.0 Å². The number of anilines is 2. The highest BCUT2D eigenvalue weighted by Gasteiger charge is 2.47. The van der Waals surface area contributed by atoms with E-state index in [4.69, 9.17) is 4.74 Å². The number of aliphatic hydroxyl groups excluding tert-OH is 1. The van der Waals surface area contributed by atoms with Gasteiger partial charge in [-0.25, -0.2) is 0 Å². The summed E-state index contributed by atoms with van der Waals surface area (Å²) in [6.07, 6.45) is 3.15. The van der Waals surface area contributed by atoms with Crippen LogP contribution >= 0.6 is 0 Å². The number of nitrogens with zero attached hydrogens (tertiary/aromatic N) is 2. The van der Waals surface area contributed by atoms with Gasteiger partial charge in [0.1, 0.15) is 17.6 Å². The molecular formula is C31H30N2O4. The molecule has 0 saturated carbocycles. The molecule has 37 heavy (non-hydrogen) atoms. The first-order chi connectivity index (χ1) is 17.9. The maximum atomic E-state index is 13.5. The Balaban J connectivity index is 1.46. The smallest absolute Gasteiger partial charge is 0.300 e. The van der Waals surface area contributed by atoms with Crippen LogP contribution in [0.15, 0.2) is 72.3 Å². The molecule has 0 aliphatic carbocycles. The lowest BCUT2D eigenvalue weighted by atomic mass is 9.93. The van der Waals surface area contributed by atoms with Crippen LogP contribution in [0.25, 0.3) is 5.76 Å². The number of Topliss-reactive ketones (excluding diaryl/α,β-unsaturated/α-hetero) is 1. The molecule has 3 aliphatic heterocycles. The SMILES string of the molecule is Cc1cccc(C2/C(=C(/O)c3ccc4c(c3)CC(C)O4)C(=O)C(=O)N2c2ccc(N3CCCC3)cc2)c1. The Morgan fingerprint density at radius 2 is 1.68 bits per heavy atom. The number of aryl methyl sites for hydroxylation is 1. The van der Waals surface area contributed by atoms with E-state index in [1.807, 2.05) is 74.5 Å². The monoisotopic (exact) mass is 494 g/mol. The number of benzene rings is 3. The lowest BCUT2D eigenvalue weighted by molar-refractivity contribution is -0.132. The van der Waals surface area contributed by atoms with Crippen molar-refractivity contribution in [1.82, 2.24) is 0 Å². The van der Waals surface area contributed by atoms with Gasteiger partial charge in [0.15, 0.2) is 0 Å². The van der Waals surface area contributed by atoms with Crippen molar-refractivity contribution in [1.29, 1.82) is 0 Å². The predicted octanol–water partition coefficient (Wildman–Crippen LogP) is 5.54. The van der Waals surface area contributed by atoms with Crippen LogP contribution in [0.3, 0.4) is 0 Å². The van der Waals surface area contributed by atoms with Crippen LogP contribution in [0.1, 0.15) is 48.1 Å². The van der Waals surface area contributed by atoms with Crippen LogP contribution < -0.4 is 14.5 Å². The van der Waals surface area contributed by atoms with Crippen LogP contribution in [0.4, 0.5) is 11.4 Å². The minimum absolute atomic E-state index is 0.0637. The van der Waals surface area contributed by atoms with Crippen molar-refractivity contribution in [3.05, 3.63) is 94.6 Å². The number of carbonyl (C=O) groups is 2. The zero-order valence-corrected chi connectivity index (χ0v) is 21.1. The van der Waals surface area contributed by atoms with Crippen molar-refractivity contribution in [3.63, 3.8) is 0 Å². The minimum Gasteiger partial charge on any atom is -0.507 e. The molecule has 3 aromatic carbocycles. The number of ether oxygens (including phenoxy) is 1. The summed E-state index contributed by atoms with van der Waals surface area (Å²) in [5, 5.41) is 11.5. The zero-order chi connectivity index (χ0) is 25.7. The van der Waals surface area contributed by atoms with E-state index in [-0.39, 0.29) is 17.4 Å². The molecule has 0 bridgehead atoms. The molecule has 2 unspecified atom stereocenters. The van der Waals surface area contributed by atoms with Gasteiger partial charge in [0, 0.05) is 36.4 Å². The number of aliphatic hydroxyl groups is 1. The maximum Gasteiger partial charge on any atom is 0.300 e. The second-order valence-electron chi connectivity index (χ2n) is 10.2. The predicted molar refractivity (Wildman–Crippen MR) is 144 cm³/mol. The largest absolute Gasteiger partial charge is 0.507 e. The van der Waals surface area contributed by atoms with Crippen molar-refractivity contribution in [2.75, 3.05) is 22.9 Å². The van der Waals surface area contributed by atoms with Crippen molar-refractivity contribution in [2.24, 2.45) is 0 Å². The van der Waals surface area contributed by atoms with Gasteiger partial charge in [0.05, 0.1) is 11.6 Å². The number of hydrogen-bond donors (Lipinski definition) is 1. The van der Waals surface area contributed by atoms with Crippen LogP contribution in [0.2, 0.25) is 0 Å². The molecule has 6 nitrogen and oxygen atoms in total. The average molecular weight is 495 g/mol. The van der Waals surface area contributed by atoms with Crippen molar-refractivity contribution < 1.29 is 19.4 Å². The minimum atomic E-state index is -0.735. The molecule has 0 spiro atoms. The van der Waals surface area contributed by atoms with Gasteiger partial charge in [0.2, 0.25) is 0 Å². The molecule has 3 aliphatic rings. The summed E-state index contributed by atoms with van der Waals surface area (Å²) in [5.41, 5.74) is 5.13. The topological polar surface area (TPSA) is 70.1 Å². The van der Waals surface area contributed by atoms with E-state index in [9.17, 15) is 14.7 Å². The quantitative estimate of drug-likeness (QED) is 0.293. The van der Waals surface area contributed by atoms with Crippen LogP contribution in [0.5, 0.6) is 5.75 Å². The number of amides is 1. The Bertz CT molecular complexity index is 1420. The molecule has 188 valence electrons. The first-order valence-electron chi connectivity index (χ1n) is 12.9. The lowest BCUT2D eigenvalue weighted by Crippen LogP contribution is -2.29. The molecule has 2 atom stereocenters. The van der Waals surface area contributed by atoms with Crippen molar-refractivity contribution in [2.45, 2.75) is 45.3 Å². The van der Waals surface area contributed by atoms with Gasteiger partial charge in [-0.15, -0.1) is 0 Å². The molecule has 2 fully saturated rings. The van der Waals surface area contributed by atoms with E-state index in [1.165, 1.54) is 17.7 Å². The molecule has 6 rings (SSSR count). The third-order valence-corrected chi connectivity index (χ3v) is 7.57. The second-order valence-corrected chi connectivity index (χ2v) is 10.2. The highest BCUT2D eigenvalue weighted by molar-refractivity contribution is 6.51. The summed E-state index contributed by atoms with van der Waals surface area (Å²) < 4.78 is 5.80. The Morgan fingerprint density at radius 3 is 2.41 bits per heavy atom. The van der Waals surface area contributed by atoms with E-state index in [0.717, 1.165) is 47.6 Å². The summed E-state index contributed by atoms with van der Waals surface area (Å²) in [6, 6.07) is 20.3. The highest BCUT2D eigenvalue weighted by Crippen LogP contribution is 2.43. The van der Waals surface area contributed by atoms with Gasteiger partial charge in [-0.2, -0.15) is 0 Å². The standard InChI is InChI=1S/C31H30N2O4/c1-19-6-5-7-21(16-19)28-27(29(34)22-8-13-26-23(18-22)17-20(2)37-26)30(35)31(36)33(28)25-11-9-24(10-12-25)32-14-3-4-15-32/h5-13,16,18,20,28,34H,3-4,14-15,17H2,1-2H3/b29-27-. The number of carbonyl (C=O) groups excluding carboxylic acids is 2. The highest BCUT2D eigenvalue weighted by atomic mass is 16.5. The second kappa shape index (κ2) is 9.11. The molecule has 0 aromatic heterocycles. The van der Waals surface area contributed by atoms with Gasteiger partial charge in [0.25, 0.3) is 11.7 Å². The summed E-state index contributed by atoms with van der Waals surface area (Å²) in [6.45, 7) is 6.02. The summed E-state index contributed by atoms with van der Waals surface area (Å²) in [7, 11) is 0. The fourth-order valence-electron chi connectivity index (χ4n) is 5.78. The van der Waals surface area contributed by atoms with Crippen molar-refractivity contribution >= 4 is 28.8 Å². The summed E-state index contributed by atoms with van der Waals surface area (Å²) in [5.74, 6) is -0.695. The fourth-order valence-corrected chi connectivity index (χ4v) is 5.78. The first kappa shape index (κ1) is 23.3. The Labute approximate surface area is 216 Å². The molecule has 0 radical (unpaired) electrons. The van der Waals surface area contributed by atoms with Gasteiger partial charge < -0.3 is 14.7 Å². The maximum absolute atomic E-state index is 13.5. The van der Waals surface area contributed by atoms with Crippen molar-refractivity contribution in [3.8, 4) is 5.75 Å². The van der Waals surface area contributed by atoms with E-state index in [0.29, 0.717) is 11.3 Å². The third-order valence-electron chi connectivity index (χ3n) is 7.57. The summed E-state index contributed by atoms with van der Waals surface area (Å²) in [4.78, 5) is 30.8. The Morgan fingerprint density at radius 1 is 0.946 bits per heavy atom. The third kappa shape index (κ3) is 4.06. The number of rotatable bonds is 4. The molecule has 2 saturated heterocycles. The average Bonchev–Trinajstić information content (AvgIpc) is 3.62. The molecule has 3 aromatic rings. The number of ketones is 1. The van der Waals surface area contributed by atoms with E-state index >= 15 is 0 Å². The molecule has 1 amide bonds. The Kier molecular flexibility index (Phi) is 5.75. The van der Waals surface area contributed by atoms with E-state index in [1.54, 1.807) is 6.07 Å². The van der Waals surface area contributed by atoms with E-state index < -0.39 is 17.7 Å². The zero-order valence-electron chi connectivity index (χ0n) is 21.1. The van der Waals surface area contributed by atoms with E-state index in [2.05, 4.69) is 4.90 Å². The van der Waals surface area contributed by atoms with Gasteiger partial charge >= 0.3 is 0 Å². The van der Waals surface area contributed by atoms with Gasteiger partial charge in [-0.3, -0.25) is 14.5 Å². The molecule has 6 heteroatoms. The Hall–Kier alpha value is -4.06. The molecule has 3 heterocycles. The normalized spacial score (nSPS) is 22.4. The van der Waals surface area contributed by atoms with Crippen LogP contribution in [0, 0.1) is 6.92 Å². The first-order valence-corrected chi connectivity index (χ1v) is 12.9. The van der Waals surface area contributed by atoms with Gasteiger partial charge in [-0.05, 0) is 80.3 Å². The number of hydrogen-bond acceptors (Lipinski definition) is 5. The summed E-state index contributed by atoms with van der Waals surface area (Å²) >= 11 is 0. The number of fused-ring (bicyclic) bond motifs is 1. The lowest BCUT2D eigenvalue weighted by Gasteiger charge is -2.26. The fraction of sp³-hybridized carbons (Fsp3) is 0.290. The molecular weight excluding hydrogens is 464 g/mol. The van der Waals surface area contributed by atoms with Crippen LogP contribution in [-0.2, 0) is 16.0 Å². The molecule has 1 N–H and O–H groups in total.